The Morgan fingerprint density at radius 1 is 1.39 bits per heavy atom. The number of hydrogen-bond donors (Lipinski definition) is 2. The molecule has 0 spiro atoms. The molecule has 2 amide bonds. The first-order valence-electron chi connectivity index (χ1n) is 5.05. The quantitative estimate of drug-likeness (QED) is 0.247. The summed E-state index contributed by atoms with van der Waals surface area (Å²) >= 11 is 6.25. The van der Waals surface area contributed by atoms with Gasteiger partial charge < -0.3 is 5.73 Å². The predicted octanol–water partition coefficient (Wildman–Crippen LogP) is 0.557. The van der Waals surface area contributed by atoms with Gasteiger partial charge in [0, 0.05) is 19.3 Å². The van der Waals surface area contributed by atoms with Crippen molar-refractivity contribution in [3.63, 3.8) is 0 Å². The van der Waals surface area contributed by atoms with Crippen LogP contribution in [0.3, 0.4) is 0 Å². The molecular formula is C9H15BrN4O2S2. The molecule has 1 aliphatic rings. The van der Waals surface area contributed by atoms with Crippen LogP contribution in [0, 0.1) is 5.41 Å². The van der Waals surface area contributed by atoms with Gasteiger partial charge in [0.1, 0.15) is 0 Å². The van der Waals surface area contributed by atoms with Crippen LogP contribution in [0.2, 0.25) is 0 Å². The van der Waals surface area contributed by atoms with Gasteiger partial charge in [-0.2, -0.15) is 0 Å². The zero-order chi connectivity index (χ0) is 13.0. The van der Waals surface area contributed by atoms with Crippen molar-refractivity contribution in [3.05, 3.63) is 0 Å². The summed E-state index contributed by atoms with van der Waals surface area (Å²) in [5, 5.41) is 7.37. The number of thioether (sulfide) groups is 1. The van der Waals surface area contributed by atoms with Crippen LogP contribution in [-0.4, -0.2) is 51.2 Å². The maximum atomic E-state index is 11.5. The van der Waals surface area contributed by atoms with Crippen molar-refractivity contribution in [1.82, 2.24) is 9.80 Å². The highest BCUT2D eigenvalue weighted by molar-refractivity contribution is 8.93. The van der Waals surface area contributed by atoms with Gasteiger partial charge in [-0.3, -0.25) is 24.8 Å². The molecule has 0 unspecified atom stereocenters. The Labute approximate surface area is 126 Å². The van der Waals surface area contributed by atoms with Crippen LogP contribution in [0.15, 0.2) is 0 Å². The Balaban J connectivity index is 0.00000289. The lowest BCUT2D eigenvalue weighted by Gasteiger charge is -2.15. The Morgan fingerprint density at radius 2 is 2.00 bits per heavy atom. The van der Waals surface area contributed by atoms with Crippen LogP contribution >= 0.6 is 41.0 Å². The second-order valence-electron chi connectivity index (χ2n) is 3.52. The van der Waals surface area contributed by atoms with Crippen molar-refractivity contribution in [2.24, 2.45) is 5.73 Å². The number of rotatable bonds is 5. The lowest BCUT2D eigenvalue weighted by atomic mass is 10.3. The van der Waals surface area contributed by atoms with Gasteiger partial charge in [0.15, 0.2) is 10.3 Å². The van der Waals surface area contributed by atoms with Crippen LogP contribution in [0.1, 0.15) is 12.8 Å². The molecule has 0 atom stereocenters. The third kappa shape index (κ3) is 4.21. The number of thiocarbonyl (C=S) groups is 1. The van der Waals surface area contributed by atoms with Crippen LogP contribution in [0.4, 0.5) is 0 Å². The number of amides is 2. The number of carbonyl (C=O) groups is 2. The first-order valence-corrected chi connectivity index (χ1v) is 6.45. The molecule has 6 nitrogen and oxygen atoms in total. The molecule has 0 radical (unpaired) electrons. The highest BCUT2D eigenvalue weighted by Crippen LogP contribution is 2.12. The van der Waals surface area contributed by atoms with Gasteiger partial charge in [-0.1, -0.05) is 11.8 Å². The van der Waals surface area contributed by atoms with Gasteiger partial charge in [0.05, 0.1) is 0 Å². The van der Waals surface area contributed by atoms with Crippen molar-refractivity contribution >= 4 is 63.1 Å². The van der Waals surface area contributed by atoms with E-state index in [0.29, 0.717) is 6.54 Å². The third-order valence-corrected chi connectivity index (χ3v) is 3.58. The molecule has 0 bridgehead atoms. The number of likely N-dealkylation sites (N-methyl/N-ethyl adjacent to an activating group) is 1. The molecule has 1 fully saturated rings. The van der Waals surface area contributed by atoms with Crippen LogP contribution in [-0.2, 0) is 9.59 Å². The van der Waals surface area contributed by atoms with Crippen molar-refractivity contribution in [2.45, 2.75) is 12.8 Å². The molecule has 0 saturated carbocycles. The first-order chi connectivity index (χ1) is 7.95. The average Bonchev–Trinajstić information content (AvgIpc) is 2.45. The summed E-state index contributed by atoms with van der Waals surface area (Å²) < 4.78 is 0. The number of halogens is 1. The Bertz CT molecular complexity index is 378. The first kappa shape index (κ1) is 17.3. The van der Waals surface area contributed by atoms with E-state index in [-0.39, 0.29) is 27.3 Å². The van der Waals surface area contributed by atoms with Gasteiger partial charge in [0.2, 0.25) is 0 Å². The van der Waals surface area contributed by atoms with Gasteiger partial charge in [0.25, 0.3) is 0 Å². The number of carbonyl (C=O) groups excluding carboxylic acids is 2. The molecule has 0 aliphatic carbocycles. The molecule has 1 aliphatic heterocycles. The van der Waals surface area contributed by atoms with Crippen molar-refractivity contribution < 1.29 is 9.59 Å². The summed E-state index contributed by atoms with van der Waals surface area (Å²) in [6.45, 7) is 0.437. The number of amidine groups is 1. The fourth-order valence-electron chi connectivity index (χ4n) is 1.37. The largest absolute Gasteiger partial charge is 0.379 e. The number of hydrogen-bond acceptors (Lipinski definition) is 5. The monoisotopic (exact) mass is 354 g/mol. The summed E-state index contributed by atoms with van der Waals surface area (Å²) in [6, 6.07) is 0. The van der Waals surface area contributed by atoms with E-state index in [2.05, 4.69) is 0 Å². The van der Waals surface area contributed by atoms with Gasteiger partial charge in [-0.25, -0.2) is 0 Å². The van der Waals surface area contributed by atoms with E-state index in [1.165, 1.54) is 28.6 Å². The lowest BCUT2D eigenvalue weighted by molar-refractivity contribution is -0.142. The number of unbranched alkanes of at least 4 members (excludes halogenated alkanes) is 1. The average molecular weight is 355 g/mol. The normalized spacial score (nSPS) is 15.1. The highest BCUT2D eigenvalue weighted by atomic mass is 79.9. The number of nitrogens with two attached hydrogens (primary N) is 1. The minimum Gasteiger partial charge on any atom is -0.379 e. The van der Waals surface area contributed by atoms with Gasteiger partial charge in [-0.05, 0) is 25.1 Å². The van der Waals surface area contributed by atoms with E-state index in [9.17, 15) is 9.59 Å². The minimum absolute atomic E-state index is 0. The van der Waals surface area contributed by atoms with Crippen molar-refractivity contribution in [2.75, 3.05) is 19.3 Å². The van der Waals surface area contributed by atoms with E-state index in [1.54, 1.807) is 0 Å². The third-order valence-electron chi connectivity index (χ3n) is 2.28. The van der Waals surface area contributed by atoms with E-state index in [1.807, 2.05) is 0 Å². The summed E-state index contributed by atoms with van der Waals surface area (Å²) in [5.41, 5.74) is 5.19. The molecule has 0 aromatic carbocycles. The van der Waals surface area contributed by atoms with E-state index < -0.39 is 11.8 Å². The topological polar surface area (TPSA) is 90.5 Å². The fraction of sp³-hybridized carbons (Fsp3) is 0.556. The number of nitrogens with one attached hydrogen (secondary N) is 1. The summed E-state index contributed by atoms with van der Waals surface area (Å²) in [6.07, 6.45) is 1.54. The van der Waals surface area contributed by atoms with Crippen LogP contribution in [0.25, 0.3) is 0 Å². The van der Waals surface area contributed by atoms with E-state index in [4.69, 9.17) is 23.4 Å². The summed E-state index contributed by atoms with van der Waals surface area (Å²) in [7, 11) is 1.49. The lowest BCUT2D eigenvalue weighted by Crippen LogP contribution is -2.32. The Hall–Kier alpha value is -0.670. The number of nitrogens with zero attached hydrogens (tertiary/aromatic N) is 2. The SMILES string of the molecule is Br.CN1C(=O)C(=O)N(CCCCSC(=N)N)C1=S. The molecule has 9 heteroatoms. The second kappa shape index (κ2) is 7.70. The van der Waals surface area contributed by atoms with E-state index in [0.717, 1.165) is 18.6 Å². The maximum Gasteiger partial charge on any atom is 0.318 e. The molecule has 18 heavy (non-hydrogen) atoms. The molecule has 102 valence electrons. The molecule has 1 heterocycles. The fourth-order valence-corrected chi connectivity index (χ4v) is 2.19. The standard InChI is InChI=1S/C9H14N4O2S2.BrH/c1-12-6(14)7(15)13(9(12)16)4-2-3-5-17-8(10)11;/h2-5H2,1H3,(H3,10,11);1H. The Morgan fingerprint density at radius 3 is 2.44 bits per heavy atom. The molecule has 0 aromatic rings. The minimum atomic E-state index is -0.576. The van der Waals surface area contributed by atoms with Crippen LogP contribution < -0.4 is 5.73 Å². The molecule has 1 rings (SSSR count). The van der Waals surface area contributed by atoms with Crippen LogP contribution in [0.5, 0.6) is 0 Å². The Kier molecular flexibility index (Phi) is 7.41. The zero-order valence-electron chi connectivity index (χ0n) is 9.84. The van der Waals surface area contributed by atoms with Gasteiger partial charge >= 0.3 is 11.8 Å². The predicted molar refractivity (Wildman–Crippen MR) is 81.0 cm³/mol. The maximum absolute atomic E-state index is 11.5. The van der Waals surface area contributed by atoms with Gasteiger partial charge in [-0.15, -0.1) is 17.0 Å². The zero-order valence-corrected chi connectivity index (χ0v) is 13.2. The van der Waals surface area contributed by atoms with Crippen molar-refractivity contribution in [3.8, 4) is 0 Å². The molecule has 0 aromatic heterocycles. The molecule has 1 saturated heterocycles. The second-order valence-corrected chi connectivity index (χ2v) is 5.03. The summed E-state index contributed by atoms with van der Waals surface area (Å²) in [5.74, 6) is -0.404. The molecule has 3 N–H and O–H groups in total. The summed E-state index contributed by atoms with van der Waals surface area (Å²) in [4.78, 5) is 25.3. The highest BCUT2D eigenvalue weighted by Gasteiger charge is 2.38. The van der Waals surface area contributed by atoms with Crippen molar-refractivity contribution in [1.29, 1.82) is 5.41 Å². The molecular weight excluding hydrogens is 340 g/mol. The smallest absolute Gasteiger partial charge is 0.318 e. The van der Waals surface area contributed by atoms with E-state index >= 15 is 0 Å².